The smallest absolute Gasteiger partial charge is 0.234 e. The summed E-state index contributed by atoms with van der Waals surface area (Å²) in [4.78, 5) is 17.3. The van der Waals surface area contributed by atoms with E-state index in [9.17, 15) is 4.79 Å². The van der Waals surface area contributed by atoms with E-state index in [1.165, 1.54) is 42.7 Å². The minimum atomic E-state index is -0.367. The zero-order valence-electron chi connectivity index (χ0n) is 21.4. The van der Waals surface area contributed by atoms with E-state index in [1.54, 1.807) is 11.3 Å². The standard InChI is InChI=1S/C30H38N4OS/c1-21(2)19-28(30(31)35)32-29(25-13-18-36-20-25)24-5-3-22(4-6-24)23-7-9-26(10-8-23)33-14-16-34(17-15-33)27-11-12-27/h3-10,13,18,20-21,27-29,32H,11-12,14-17,19H2,1-2H3,(H2,31,35)/t28-,29-/m0/s1. The van der Waals surface area contributed by atoms with E-state index in [4.69, 9.17) is 5.73 Å². The van der Waals surface area contributed by atoms with Gasteiger partial charge >= 0.3 is 0 Å². The van der Waals surface area contributed by atoms with Crippen LogP contribution in [0.5, 0.6) is 0 Å². The maximum absolute atomic E-state index is 12.2. The molecule has 6 heteroatoms. The largest absolute Gasteiger partial charge is 0.369 e. The first-order valence-corrected chi connectivity index (χ1v) is 14.2. The van der Waals surface area contributed by atoms with E-state index in [2.05, 4.69) is 94.3 Å². The summed E-state index contributed by atoms with van der Waals surface area (Å²) in [6, 6.07) is 20.2. The number of primary amides is 1. The van der Waals surface area contributed by atoms with E-state index in [-0.39, 0.29) is 18.0 Å². The predicted octanol–water partition coefficient (Wildman–Crippen LogP) is 5.28. The molecule has 1 amide bonds. The van der Waals surface area contributed by atoms with Crippen molar-refractivity contribution >= 4 is 22.9 Å². The molecule has 2 atom stereocenters. The van der Waals surface area contributed by atoms with Crippen LogP contribution in [0.25, 0.3) is 11.1 Å². The number of thiophene rings is 1. The first-order chi connectivity index (χ1) is 17.5. The summed E-state index contributed by atoms with van der Waals surface area (Å²) in [5.41, 5.74) is 11.8. The topological polar surface area (TPSA) is 61.6 Å². The molecular weight excluding hydrogens is 464 g/mol. The molecule has 2 heterocycles. The predicted molar refractivity (Wildman–Crippen MR) is 150 cm³/mol. The highest BCUT2D eigenvalue weighted by molar-refractivity contribution is 7.08. The van der Waals surface area contributed by atoms with Gasteiger partial charge in [0.15, 0.2) is 0 Å². The van der Waals surface area contributed by atoms with E-state index in [0.29, 0.717) is 5.92 Å². The number of rotatable bonds is 10. The normalized spacial score (nSPS) is 18.4. The Hall–Kier alpha value is -2.67. The van der Waals surface area contributed by atoms with Gasteiger partial charge in [-0.3, -0.25) is 15.0 Å². The van der Waals surface area contributed by atoms with Gasteiger partial charge in [-0.25, -0.2) is 0 Å². The number of nitrogens with zero attached hydrogens (tertiary/aromatic N) is 2. The molecule has 0 radical (unpaired) electrons. The second kappa shape index (κ2) is 11.2. The van der Waals surface area contributed by atoms with Gasteiger partial charge in [0.05, 0.1) is 12.1 Å². The van der Waals surface area contributed by atoms with Crippen LogP contribution >= 0.6 is 11.3 Å². The summed E-state index contributed by atoms with van der Waals surface area (Å²) < 4.78 is 0. The van der Waals surface area contributed by atoms with Crippen LogP contribution in [0.2, 0.25) is 0 Å². The molecule has 3 N–H and O–H groups in total. The molecule has 2 aliphatic rings. The Morgan fingerprint density at radius 2 is 1.58 bits per heavy atom. The first kappa shape index (κ1) is 25.0. The number of carbonyl (C=O) groups is 1. The highest BCUT2D eigenvalue weighted by Gasteiger charge is 2.31. The summed E-state index contributed by atoms with van der Waals surface area (Å²) in [5.74, 6) is 0.0835. The van der Waals surface area contributed by atoms with Crippen molar-refractivity contribution in [3.63, 3.8) is 0 Å². The second-order valence-corrected chi connectivity index (χ2v) is 11.4. The Bertz CT molecular complexity index is 1110. The fourth-order valence-electron chi connectivity index (χ4n) is 5.28. The van der Waals surface area contributed by atoms with Crippen molar-refractivity contribution in [1.82, 2.24) is 10.2 Å². The quantitative estimate of drug-likeness (QED) is 0.396. The average molecular weight is 503 g/mol. The molecule has 36 heavy (non-hydrogen) atoms. The number of anilines is 1. The molecule has 1 aliphatic heterocycles. The highest BCUT2D eigenvalue weighted by Crippen LogP contribution is 2.31. The van der Waals surface area contributed by atoms with Gasteiger partial charge in [-0.05, 0) is 76.4 Å². The van der Waals surface area contributed by atoms with E-state index < -0.39 is 0 Å². The molecule has 5 nitrogen and oxygen atoms in total. The van der Waals surface area contributed by atoms with Gasteiger partial charge in [0, 0.05) is 37.9 Å². The van der Waals surface area contributed by atoms with Gasteiger partial charge in [-0.1, -0.05) is 50.2 Å². The second-order valence-electron chi connectivity index (χ2n) is 10.7. The Balaban J connectivity index is 1.28. The lowest BCUT2D eigenvalue weighted by Gasteiger charge is -2.36. The van der Waals surface area contributed by atoms with Gasteiger partial charge in [0.1, 0.15) is 0 Å². The number of nitrogens with one attached hydrogen (secondary N) is 1. The van der Waals surface area contributed by atoms with Crippen molar-refractivity contribution in [2.24, 2.45) is 11.7 Å². The monoisotopic (exact) mass is 502 g/mol. The van der Waals surface area contributed by atoms with E-state index >= 15 is 0 Å². The van der Waals surface area contributed by atoms with Crippen molar-refractivity contribution < 1.29 is 4.79 Å². The SMILES string of the molecule is CC(C)C[C@H](N[C@@H](c1ccc(-c2ccc(N3CCN(C4CC4)CC3)cc2)cc1)c1ccsc1)C(N)=O. The molecular formula is C30H38N4OS. The zero-order valence-corrected chi connectivity index (χ0v) is 22.2. The Labute approximate surface area is 219 Å². The van der Waals surface area contributed by atoms with E-state index in [0.717, 1.165) is 36.7 Å². The zero-order chi connectivity index (χ0) is 25.1. The third-order valence-corrected chi connectivity index (χ3v) is 8.18. The minimum absolute atomic E-state index is 0.0711. The average Bonchev–Trinajstić information content (AvgIpc) is 3.61. The molecule has 1 aliphatic carbocycles. The maximum Gasteiger partial charge on any atom is 0.234 e. The Morgan fingerprint density at radius 3 is 2.11 bits per heavy atom. The van der Waals surface area contributed by atoms with Crippen molar-refractivity contribution in [3.8, 4) is 11.1 Å². The summed E-state index contributed by atoms with van der Waals surface area (Å²) in [6.07, 6.45) is 3.50. The Kier molecular flexibility index (Phi) is 7.75. The van der Waals surface area contributed by atoms with Crippen LogP contribution in [-0.4, -0.2) is 49.1 Å². The van der Waals surface area contributed by atoms with Gasteiger partial charge in [0.2, 0.25) is 5.91 Å². The van der Waals surface area contributed by atoms with Crippen molar-refractivity contribution in [1.29, 1.82) is 0 Å². The number of amides is 1. The molecule has 190 valence electrons. The van der Waals surface area contributed by atoms with Gasteiger partial charge < -0.3 is 10.6 Å². The van der Waals surface area contributed by atoms with Gasteiger partial charge in [0.25, 0.3) is 0 Å². The fourth-order valence-corrected chi connectivity index (χ4v) is 5.97. The summed E-state index contributed by atoms with van der Waals surface area (Å²) in [5, 5.41) is 7.76. The number of hydrogen-bond acceptors (Lipinski definition) is 5. The lowest BCUT2D eigenvalue weighted by atomic mass is 9.95. The highest BCUT2D eigenvalue weighted by atomic mass is 32.1. The third kappa shape index (κ3) is 6.00. The van der Waals surface area contributed by atoms with Crippen LogP contribution in [0.4, 0.5) is 5.69 Å². The third-order valence-electron chi connectivity index (χ3n) is 7.48. The summed E-state index contributed by atoms with van der Waals surface area (Å²) >= 11 is 1.67. The molecule has 3 aromatic rings. The number of benzene rings is 2. The van der Waals surface area contributed by atoms with Crippen LogP contribution in [0, 0.1) is 5.92 Å². The molecule has 0 bridgehead atoms. The molecule has 0 spiro atoms. The van der Waals surface area contributed by atoms with Crippen LogP contribution in [0.1, 0.15) is 50.3 Å². The molecule has 5 rings (SSSR count). The fraction of sp³-hybridized carbons (Fsp3) is 0.433. The van der Waals surface area contributed by atoms with Crippen LogP contribution in [-0.2, 0) is 4.79 Å². The van der Waals surface area contributed by atoms with Gasteiger partial charge in [-0.2, -0.15) is 11.3 Å². The lowest BCUT2D eigenvalue weighted by molar-refractivity contribution is -0.120. The Morgan fingerprint density at radius 1 is 0.944 bits per heavy atom. The van der Waals surface area contributed by atoms with Crippen molar-refractivity contribution in [2.75, 3.05) is 31.1 Å². The van der Waals surface area contributed by atoms with Crippen LogP contribution < -0.4 is 16.0 Å². The summed E-state index contributed by atoms with van der Waals surface area (Å²) in [7, 11) is 0. The van der Waals surface area contributed by atoms with Crippen LogP contribution in [0.3, 0.4) is 0 Å². The summed E-state index contributed by atoms with van der Waals surface area (Å²) in [6.45, 7) is 8.83. The maximum atomic E-state index is 12.2. The molecule has 1 aromatic heterocycles. The molecule has 2 aromatic carbocycles. The molecule has 2 fully saturated rings. The molecule has 1 saturated carbocycles. The number of hydrogen-bond donors (Lipinski definition) is 2. The lowest BCUT2D eigenvalue weighted by Crippen LogP contribution is -2.47. The molecule has 1 saturated heterocycles. The van der Waals surface area contributed by atoms with Crippen LogP contribution in [0.15, 0.2) is 65.4 Å². The van der Waals surface area contributed by atoms with Gasteiger partial charge in [-0.15, -0.1) is 0 Å². The number of piperazine rings is 1. The van der Waals surface area contributed by atoms with Crippen molar-refractivity contribution in [2.45, 2.75) is 51.2 Å². The number of carbonyl (C=O) groups excluding carboxylic acids is 1. The van der Waals surface area contributed by atoms with Crippen molar-refractivity contribution in [3.05, 3.63) is 76.5 Å². The van der Waals surface area contributed by atoms with E-state index in [1.807, 2.05) is 0 Å². The minimum Gasteiger partial charge on any atom is -0.369 e. The molecule has 0 unspecified atom stereocenters. The first-order valence-electron chi connectivity index (χ1n) is 13.2. The number of nitrogens with two attached hydrogens (primary N) is 1.